The van der Waals surface area contributed by atoms with Crippen LogP contribution in [0, 0.1) is 11.6 Å². The number of pyridine rings is 2. The number of aliphatic hydroxyl groups is 1. The highest BCUT2D eigenvalue weighted by atomic mass is 19.4. The Morgan fingerprint density at radius 2 is 1.94 bits per heavy atom. The lowest BCUT2D eigenvalue weighted by molar-refractivity contribution is -0.153. The Morgan fingerprint density at radius 3 is 2.53 bits per heavy atom. The number of carbonyl (C=O) groups is 2. The number of nitrogens with one attached hydrogen (secondary N) is 1. The number of hydrogen-bond acceptors (Lipinski definition) is 5. The lowest BCUT2D eigenvalue weighted by atomic mass is 10.1. The first kappa shape index (κ1) is 25.2. The van der Waals surface area contributed by atoms with Crippen molar-refractivity contribution in [3.05, 3.63) is 63.9 Å². The maximum atomic E-state index is 14.7. The van der Waals surface area contributed by atoms with Gasteiger partial charge in [0.1, 0.15) is 29.1 Å². The maximum absolute atomic E-state index is 14.7. The van der Waals surface area contributed by atoms with Crippen molar-refractivity contribution in [3.8, 4) is 5.69 Å². The number of aliphatic hydroxyl groups excluding tert-OH is 1. The Balaban J connectivity index is 1.92. The molecule has 2 aromatic heterocycles. The van der Waals surface area contributed by atoms with Crippen molar-refractivity contribution in [1.82, 2.24) is 14.9 Å². The Hall–Kier alpha value is -3.87. The summed E-state index contributed by atoms with van der Waals surface area (Å²) >= 11 is 0. The van der Waals surface area contributed by atoms with Crippen molar-refractivity contribution >= 4 is 28.7 Å². The maximum Gasteiger partial charge on any atom is 0.408 e. The molecule has 0 radical (unpaired) electrons. The molecule has 1 fully saturated rings. The Labute approximate surface area is 200 Å². The van der Waals surface area contributed by atoms with Crippen LogP contribution in [0.2, 0.25) is 0 Å². The molecular formula is C23H19F5N4O4. The van der Waals surface area contributed by atoms with Crippen LogP contribution in [0.25, 0.3) is 16.7 Å². The van der Waals surface area contributed by atoms with E-state index in [2.05, 4.69) is 4.98 Å². The highest BCUT2D eigenvalue weighted by molar-refractivity contribution is 5.99. The summed E-state index contributed by atoms with van der Waals surface area (Å²) in [7, 11) is 0. The van der Waals surface area contributed by atoms with Crippen LogP contribution in [-0.4, -0.2) is 51.3 Å². The number of halogens is 5. The minimum absolute atomic E-state index is 0.0139. The molecule has 3 heterocycles. The number of benzene rings is 1. The molecular weight excluding hydrogens is 491 g/mol. The average molecular weight is 510 g/mol. The number of nitrogens with zero attached hydrogens (tertiary/aromatic N) is 3. The van der Waals surface area contributed by atoms with Gasteiger partial charge in [-0.3, -0.25) is 23.9 Å². The fourth-order valence-corrected chi connectivity index (χ4v) is 3.93. The second kappa shape index (κ2) is 9.30. The van der Waals surface area contributed by atoms with E-state index in [1.54, 1.807) is 5.32 Å². The number of amides is 2. The third-order valence-corrected chi connectivity index (χ3v) is 5.74. The summed E-state index contributed by atoms with van der Waals surface area (Å²) in [6.07, 6.45) is -5.55. The SMILES string of the molecule is CC[C@H](NC(=O)c1cn(-c2ccc(F)cc2F)c2nc(N3C[C@@H](O)CC3=O)ccc2c1=O)C(F)(F)F. The van der Waals surface area contributed by atoms with Gasteiger partial charge in [-0.25, -0.2) is 13.8 Å². The van der Waals surface area contributed by atoms with E-state index in [0.717, 1.165) is 27.8 Å². The minimum atomic E-state index is -4.77. The number of fused-ring (bicyclic) bond motifs is 1. The van der Waals surface area contributed by atoms with Crippen LogP contribution in [0.1, 0.15) is 30.1 Å². The van der Waals surface area contributed by atoms with Crippen LogP contribution >= 0.6 is 0 Å². The molecule has 1 aromatic carbocycles. The van der Waals surface area contributed by atoms with Crippen molar-refractivity contribution in [2.24, 2.45) is 0 Å². The van der Waals surface area contributed by atoms with E-state index < -0.39 is 59.2 Å². The fraction of sp³-hybridized carbons (Fsp3) is 0.304. The van der Waals surface area contributed by atoms with Crippen LogP contribution in [0.4, 0.5) is 27.8 Å². The number of carbonyl (C=O) groups excluding carboxylic acids is 2. The van der Waals surface area contributed by atoms with E-state index in [0.29, 0.717) is 6.07 Å². The molecule has 2 amide bonds. The average Bonchev–Trinajstić information content (AvgIpc) is 3.14. The van der Waals surface area contributed by atoms with Gasteiger partial charge in [-0.2, -0.15) is 13.2 Å². The highest BCUT2D eigenvalue weighted by Crippen LogP contribution is 2.26. The van der Waals surface area contributed by atoms with Crippen molar-refractivity contribution in [2.75, 3.05) is 11.4 Å². The first-order valence-electron chi connectivity index (χ1n) is 10.8. The fourth-order valence-electron chi connectivity index (χ4n) is 3.93. The van der Waals surface area contributed by atoms with Crippen molar-refractivity contribution in [3.63, 3.8) is 0 Å². The molecule has 13 heteroatoms. The Kier molecular flexibility index (Phi) is 6.52. The van der Waals surface area contributed by atoms with Gasteiger partial charge in [0.2, 0.25) is 11.3 Å². The largest absolute Gasteiger partial charge is 0.408 e. The summed E-state index contributed by atoms with van der Waals surface area (Å²) in [6, 6.07) is 2.66. The zero-order valence-corrected chi connectivity index (χ0v) is 18.6. The van der Waals surface area contributed by atoms with Gasteiger partial charge in [0.25, 0.3) is 5.91 Å². The minimum Gasteiger partial charge on any atom is -0.391 e. The zero-order chi connectivity index (χ0) is 26.4. The van der Waals surface area contributed by atoms with Gasteiger partial charge >= 0.3 is 6.18 Å². The van der Waals surface area contributed by atoms with Gasteiger partial charge in [0, 0.05) is 12.3 Å². The molecule has 1 aliphatic rings. The molecule has 2 atom stereocenters. The molecule has 1 aliphatic heterocycles. The molecule has 0 aliphatic carbocycles. The van der Waals surface area contributed by atoms with Gasteiger partial charge < -0.3 is 10.4 Å². The molecule has 4 rings (SSSR count). The number of anilines is 1. The van der Waals surface area contributed by atoms with Gasteiger partial charge in [-0.1, -0.05) is 6.92 Å². The first-order chi connectivity index (χ1) is 16.9. The van der Waals surface area contributed by atoms with E-state index in [9.17, 15) is 41.4 Å². The zero-order valence-electron chi connectivity index (χ0n) is 18.6. The standard InChI is InChI=1S/C23H19F5N4O4/c1-2-17(23(26,27)28)29-22(36)14-10-31(16-5-3-11(24)7-15(16)25)21-13(20(14)35)4-6-18(30-21)32-9-12(33)8-19(32)34/h3-7,10,12,17,33H,2,8-9H2,1H3,(H,29,36)/t12-,17-/m0/s1. The van der Waals surface area contributed by atoms with E-state index in [1.807, 2.05) is 0 Å². The number of rotatable bonds is 5. The van der Waals surface area contributed by atoms with Crippen LogP contribution < -0.4 is 15.6 Å². The summed E-state index contributed by atoms with van der Waals surface area (Å²) in [5.74, 6) is -3.80. The van der Waals surface area contributed by atoms with Crippen LogP contribution in [0.15, 0.2) is 41.3 Å². The van der Waals surface area contributed by atoms with Gasteiger partial charge in [-0.15, -0.1) is 0 Å². The molecule has 36 heavy (non-hydrogen) atoms. The molecule has 0 bridgehead atoms. The second-order valence-electron chi connectivity index (χ2n) is 8.22. The van der Waals surface area contributed by atoms with Crippen molar-refractivity contribution in [1.29, 1.82) is 0 Å². The lowest BCUT2D eigenvalue weighted by Crippen LogP contribution is -2.46. The normalized spacial score (nSPS) is 17.0. The topological polar surface area (TPSA) is 105 Å². The molecule has 1 saturated heterocycles. The predicted octanol–water partition coefficient (Wildman–Crippen LogP) is 2.83. The van der Waals surface area contributed by atoms with Crippen LogP contribution in [0.5, 0.6) is 0 Å². The van der Waals surface area contributed by atoms with Gasteiger partial charge in [0.15, 0.2) is 5.65 Å². The third-order valence-electron chi connectivity index (χ3n) is 5.74. The summed E-state index contributed by atoms with van der Waals surface area (Å²) in [5, 5.41) is 11.3. The Bertz CT molecular complexity index is 1420. The lowest BCUT2D eigenvalue weighted by Gasteiger charge is -2.21. The number of hydrogen-bond donors (Lipinski definition) is 2. The molecule has 8 nitrogen and oxygen atoms in total. The van der Waals surface area contributed by atoms with E-state index in [-0.39, 0.29) is 35.5 Å². The third kappa shape index (κ3) is 4.65. The van der Waals surface area contributed by atoms with Crippen molar-refractivity contribution in [2.45, 2.75) is 38.1 Å². The summed E-state index contributed by atoms with van der Waals surface area (Å²) < 4.78 is 68.8. The predicted molar refractivity (Wildman–Crippen MR) is 118 cm³/mol. The van der Waals surface area contributed by atoms with Gasteiger partial charge in [-0.05, 0) is 30.7 Å². The van der Waals surface area contributed by atoms with E-state index in [4.69, 9.17) is 0 Å². The van der Waals surface area contributed by atoms with Crippen LogP contribution in [-0.2, 0) is 4.79 Å². The van der Waals surface area contributed by atoms with E-state index >= 15 is 0 Å². The molecule has 0 unspecified atom stereocenters. The van der Waals surface area contributed by atoms with Crippen molar-refractivity contribution < 1.29 is 36.6 Å². The second-order valence-corrected chi connectivity index (χ2v) is 8.22. The molecule has 2 N–H and O–H groups in total. The quantitative estimate of drug-likeness (QED) is 0.514. The number of aromatic nitrogens is 2. The van der Waals surface area contributed by atoms with E-state index in [1.165, 1.54) is 19.1 Å². The number of β-amino-alcohol motifs (C(OH)–C–C–N with tert-alkyl or cyclic N) is 1. The Morgan fingerprint density at radius 1 is 1.22 bits per heavy atom. The summed E-state index contributed by atoms with van der Waals surface area (Å²) in [6.45, 7) is 1.12. The molecule has 3 aromatic rings. The summed E-state index contributed by atoms with van der Waals surface area (Å²) in [4.78, 5) is 43.4. The summed E-state index contributed by atoms with van der Waals surface area (Å²) in [5.41, 5.74) is -2.30. The van der Waals surface area contributed by atoms with Crippen LogP contribution in [0.3, 0.4) is 0 Å². The highest BCUT2D eigenvalue weighted by Gasteiger charge is 2.40. The first-order valence-corrected chi connectivity index (χ1v) is 10.8. The smallest absolute Gasteiger partial charge is 0.391 e. The molecule has 0 spiro atoms. The van der Waals surface area contributed by atoms with Gasteiger partial charge in [0.05, 0.1) is 30.1 Å². The monoisotopic (exact) mass is 510 g/mol. The number of alkyl halides is 3. The molecule has 190 valence electrons. The molecule has 0 saturated carbocycles.